The number of hydrogen-bond donors (Lipinski definition) is 1. The van der Waals surface area contributed by atoms with E-state index >= 15 is 0 Å². The van der Waals surface area contributed by atoms with Gasteiger partial charge in [0.05, 0.1) is 29.5 Å². The SMILES string of the molecule is C[C@H]1CCCC[C@H]1NC(=O)COC(=O)c1ccc2c(c1)C(=O)N(Cc1ccco1)C2=O. The van der Waals surface area contributed by atoms with Crippen molar-refractivity contribution in [1.82, 2.24) is 10.2 Å². The van der Waals surface area contributed by atoms with E-state index in [4.69, 9.17) is 9.15 Å². The lowest BCUT2D eigenvalue weighted by Gasteiger charge is -2.29. The molecule has 2 heterocycles. The maximum Gasteiger partial charge on any atom is 0.338 e. The minimum absolute atomic E-state index is 0.0128. The molecular weight excluding hydrogens is 400 g/mol. The fourth-order valence-corrected chi connectivity index (χ4v) is 4.11. The van der Waals surface area contributed by atoms with Crippen LogP contribution < -0.4 is 5.32 Å². The highest BCUT2D eigenvalue weighted by molar-refractivity contribution is 6.21. The number of esters is 1. The summed E-state index contributed by atoms with van der Waals surface area (Å²) in [4.78, 5) is 50.9. The number of carbonyl (C=O) groups is 4. The molecule has 1 aliphatic carbocycles. The average Bonchev–Trinajstić information content (AvgIpc) is 3.36. The number of rotatable bonds is 6. The van der Waals surface area contributed by atoms with Crippen molar-refractivity contribution in [3.63, 3.8) is 0 Å². The van der Waals surface area contributed by atoms with Crippen LogP contribution in [0.3, 0.4) is 0 Å². The first-order chi connectivity index (χ1) is 14.9. The van der Waals surface area contributed by atoms with Gasteiger partial charge in [-0.05, 0) is 49.1 Å². The lowest BCUT2D eigenvalue weighted by atomic mass is 9.86. The summed E-state index contributed by atoms with van der Waals surface area (Å²) in [5, 5.41) is 2.93. The van der Waals surface area contributed by atoms with Gasteiger partial charge in [-0.25, -0.2) is 4.79 Å². The Kier molecular flexibility index (Phi) is 5.88. The van der Waals surface area contributed by atoms with Gasteiger partial charge in [0.2, 0.25) is 0 Å². The zero-order chi connectivity index (χ0) is 22.0. The minimum Gasteiger partial charge on any atom is -0.467 e. The summed E-state index contributed by atoms with van der Waals surface area (Å²) >= 11 is 0. The molecule has 8 heteroatoms. The van der Waals surface area contributed by atoms with Crippen molar-refractivity contribution in [3.05, 3.63) is 59.0 Å². The lowest BCUT2D eigenvalue weighted by Crippen LogP contribution is -2.42. The Hall–Kier alpha value is -3.42. The molecule has 1 aliphatic heterocycles. The molecule has 0 bridgehead atoms. The average molecular weight is 424 g/mol. The molecule has 0 radical (unpaired) electrons. The van der Waals surface area contributed by atoms with Gasteiger partial charge in [0, 0.05) is 6.04 Å². The molecule has 0 unspecified atom stereocenters. The molecule has 0 saturated heterocycles. The van der Waals surface area contributed by atoms with E-state index in [0.717, 1.165) is 24.2 Å². The molecule has 1 aromatic carbocycles. The third kappa shape index (κ3) is 4.38. The monoisotopic (exact) mass is 424 g/mol. The van der Waals surface area contributed by atoms with E-state index in [1.807, 2.05) is 0 Å². The second kappa shape index (κ2) is 8.75. The van der Waals surface area contributed by atoms with Gasteiger partial charge < -0.3 is 14.5 Å². The Balaban J connectivity index is 1.37. The standard InChI is InChI=1S/C23H24N2O6/c1-14-5-2-3-7-19(14)24-20(26)13-31-23(29)15-8-9-17-18(11-15)22(28)25(21(17)27)12-16-6-4-10-30-16/h4,6,8-11,14,19H,2-3,5,7,12-13H2,1H3,(H,24,26)/t14-,19+/m0/s1. The summed E-state index contributed by atoms with van der Waals surface area (Å²) in [5.74, 6) is -1.14. The number of ether oxygens (including phenoxy) is 1. The van der Waals surface area contributed by atoms with Crippen molar-refractivity contribution >= 4 is 23.7 Å². The number of fused-ring (bicyclic) bond motifs is 1. The number of amides is 3. The molecule has 2 aromatic rings. The van der Waals surface area contributed by atoms with Crippen molar-refractivity contribution in [2.45, 2.75) is 45.2 Å². The van der Waals surface area contributed by atoms with Gasteiger partial charge >= 0.3 is 5.97 Å². The van der Waals surface area contributed by atoms with E-state index < -0.39 is 24.4 Å². The lowest BCUT2D eigenvalue weighted by molar-refractivity contribution is -0.125. The van der Waals surface area contributed by atoms with E-state index in [2.05, 4.69) is 12.2 Å². The van der Waals surface area contributed by atoms with Gasteiger partial charge in [0.1, 0.15) is 5.76 Å². The van der Waals surface area contributed by atoms with E-state index in [1.165, 1.54) is 30.9 Å². The van der Waals surface area contributed by atoms with Crippen molar-refractivity contribution in [2.24, 2.45) is 5.92 Å². The zero-order valence-electron chi connectivity index (χ0n) is 17.3. The summed E-state index contributed by atoms with van der Waals surface area (Å²) in [6, 6.07) is 7.63. The molecule has 1 N–H and O–H groups in total. The first-order valence-electron chi connectivity index (χ1n) is 10.4. The topological polar surface area (TPSA) is 106 Å². The van der Waals surface area contributed by atoms with Crippen molar-refractivity contribution in [3.8, 4) is 0 Å². The second-order valence-electron chi connectivity index (χ2n) is 8.05. The van der Waals surface area contributed by atoms with Gasteiger partial charge in [-0.15, -0.1) is 0 Å². The van der Waals surface area contributed by atoms with Gasteiger partial charge in [0.25, 0.3) is 17.7 Å². The molecule has 4 rings (SSSR count). The molecule has 2 atom stereocenters. The van der Waals surface area contributed by atoms with Crippen LogP contribution in [0, 0.1) is 5.92 Å². The van der Waals surface area contributed by atoms with Crippen LogP contribution in [0.4, 0.5) is 0 Å². The molecule has 31 heavy (non-hydrogen) atoms. The van der Waals surface area contributed by atoms with E-state index in [0.29, 0.717) is 11.7 Å². The second-order valence-corrected chi connectivity index (χ2v) is 8.05. The normalized spacial score (nSPS) is 20.5. The van der Waals surface area contributed by atoms with E-state index in [9.17, 15) is 19.2 Å². The molecule has 1 saturated carbocycles. The number of nitrogens with zero attached hydrogens (tertiary/aromatic N) is 1. The van der Waals surface area contributed by atoms with Crippen molar-refractivity contribution in [1.29, 1.82) is 0 Å². The van der Waals surface area contributed by atoms with Crippen LogP contribution in [-0.4, -0.2) is 41.2 Å². The van der Waals surface area contributed by atoms with E-state index in [1.54, 1.807) is 12.1 Å². The molecule has 3 amide bonds. The number of furan rings is 1. The number of imide groups is 1. The molecule has 1 fully saturated rings. The number of hydrogen-bond acceptors (Lipinski definition) is 6. The van der Waals surface area contributed by atoms with Crippen LogP contribution in [-0.2, 0) is 16.1 Å². The maximum atomic E-state index is 12.7. The van der Waals surface area contributed by atoms with Gasteiger partial charge in [-0.3, -0.25) is 19.3 Å². The number of carbonyl (C=O) groups excluding carboxylic acids is 4. The first kappa shape index (κ1) is 20.8. The predicted molar refractivity (Wildman–Crippen MR) is 109 cm³/mol. The summed E-state index contributed by atoms with van der Waals surface area (Å²) in [5.41, 5.74) is 0.460. The predicted octanol–water partition coefficient (Wildman–Crippen LogP) is 2.93. The Morgan fingerprint density at radius 1 is 1.13 bits per heavy atom. The summed E-state index contributed by atoms with van der Waals surface area (Å²) in [7, 11) is 0. The van der Waals surface area contributed by atoms with Crippen LogP contribution in [0.1, 0.15) is 69.4 Å². The summed E-state index contributed by atoms with van der Waals surface area (Å²) in [6.45, 7) is 1.73. The first-order valence-corrected chi connectivity index (χ1v) is 10.4. The van der Waals surface area contributed by atoms with Crippen molar-refractivity contribution < 1.29 is 28.3 Å². The Morgan fingerprint density at radius 2 is 1.90 bits per heavy atom. The van der Waals surface area contributed by atoms with Crippen LogP contribution in [0.25, 0.3) is 0 Å². The zero-order valence-corrected chi connectivity index (χ0v) is 17.3. The Labute approximate surface area is 179 Å². The van der Waals surface area contributed by atoms with Gasteiger partial charge in [-0.2, -0.15) is 0 Å². The van der Waals surface area contributed by atoms with Crippen molar-refractivity contribution in [2.75, 3.05) is 6.61 Å². The van der Waals surface area contributed by atoms with E-state index in [-0.39, 0.29) is 35.2 Å². The molecule has 0 spiro atoms. The highest BCUT2D eigenvalue weighted by Gasteiger charge is 2.36. The van der Waals surface area contributed by atoms with Crippen LogP contribution in [0.5, 0.6) is 0 Å². The minimum atomic E-state index is -0.723. The van der Waals surface area contributed by atoms with Crippen LogP contribution in [0.2, 0.25) is 0 Å². The number of benzene rings is 1. The fraction of sp³-hybridized carbons (Fsp3) is 0.391. The largest absolute Gasteiger partial charge is 0.467 e. The third-order valence-corrected chi connectivity index (χ3v) is 5.89. The molecule has 1 aromatic heterocycles. The highest BCUT2D eigenvalue weighted by atomic mass is 16.5. The summed E-state index contributed by atoms with van der Waals surface area (Å²) < 4.78 is 10.3. The number of nitrogens with one attached hydrogen (secondary N) is 1. The van der Waals surface area contributed by atoms with Crippen LogP contribution >= 0.6 is 0 Å². The van der Waals surface area contributed by atoms with Gasteiger partial charge in [0.15, 0.2) is 6.61 Å². The third-order valence-electron chi connectivity index (χ3n) is 5.89. The van der Waals surface area contributed by atoms with Crippen LogP contribution in [0.15, 0.2) is 41.0 Å². The van der Waals surface area contributed by atoms with Gasteiger partial charge in [-0.1, -0.05) is 19.8 Å². The quantitative estimate of drug-likeness (QED) is 0.565. The molecule has 2 aliphatic rings. The Bertz CT molecular complexity index is 1010. The molecule has 162 valence electrons. The molecular formula is C23H24N2O6. The maximum absolute atomic E-state index is 12.7. The summed E-state index contributed by atoms with van der Waals surface area (Å²) in [6.07, 6.45) is 5.71. The highest BCUT2D eigenvalue weighted by Crippen LogP contribution is 2.26. The fourth-order valence-electron chi connectivity index (χ4n) is 4.11. The smallest absolute Gasteiger partial charge is 0.338 e. The Morgan fingerprint density at radius 3 is 2.65 bits per heavy atom. The molecule has 8 nitrogen and oxygen atoms in total.